The summed E-state index contributed by atoms with van der Waals surface area (Å²) in [5.74, 6) is 0.575. The van der Waals surface area contributed by atoms with Crippen LogP contribution >= 0.6 is 15.9 Å². The van der Waals surface area contributed by atoms with Crippen LogP contribution in [0.1, 0.15) is 18.5 Å². The lowest BCUT2D eigenvalue weighted by molar-refractivity contribution is -0.384. The largest absolute Gasteiger partial charge is 0.497 e. The Kier molecular flexibility index (Phi) is 4.80. The molecule has 0 radical (unpaired) electrons. The Morgan fingerprint density at radius 3 is 2.48 bits per heavy atom. The molecule has 6 heteroatoms. The first-order valence-electron chi connectivity index (χ1n) is 6.35. The second kappa shape index (κ2) is 6.58. The number of nitro benzene ring substituents is 1. The van der Waals surface area contributed by atoms with Gasteiger partial charge in [-0.05, 0) is 30.7 Å². The van der Waals surface area contributed by atoms with E-state index in [-0.39, 0.29) is 11.7 Å². The van der Waals surface area contributed by atoms with Gasteiger partial charge >= 0.3 is 0 Å². The van der Waals surface area contributed by atoms with E-state index in [1.807, 2.05) is 31.2 Å². The third-order valence-corrected chi connectivity index (χ3v) is 3.67. The molecule has 5 nitrogen and oxygen atoms in total. The molecule has 0 aliphatic heterocycles. The molecule has 110 valence electrons. The van der Waals surface area contributed by atoms with Crippen molar-refractivity contribution in [1.82, 2.24) is 0 Å². The zero-order chi connectivity index (χ0) is 15.4. The number of ether oxygens (including phenoxy) is 1. The molecule has 0 saturated carbocycles. The maximum atomic E-state index is 11.1. The van der Waals surface area contributed by atoms with Crippen molar-refractivity contribution in [2.24, 2.45) is 0 Å². The van der Waals surface area contributed by atoms with Gasteiger partial charge in [-0.15, -0.1) is 0 Å². The zero-order valence-corrected chi connectivity index (χ0v) is 13.3. The number of methoxy groups -OCH3 is 1. The molecule has 1 atom stereocenters. The zero-order valence-electron chi connectivity index (χ0n) is 11.7. The number of anilines is 1. The monoisotopic (exact) mass is 350 g/mol. The first kappa shape index (κ1) is 15.3. The maximum Gasteiger partial charge on any atom is 0.292 e. The average molecular weight is 351 g/mol. The van der Waals surface area contributed by atoms with Crippen LogP contribution in [0, 0.1) is 10.1 Å². The summed E-state index contributed by atoms with van der Waals surface area (Å²) in [5.41, 5.74) is 1.50. The van der Waals surface area contributed by atoms with Gasteiger partial charge in [0.1, 0.15) is 11.4 Å². The van der Waals surface area contributed by atoms with Crippen LogP contribution in [0.2, 0.25) is 0 Å². The highest BCUT2D eigenvalue weighted by Crippen LogP contribution is 2.31. The fourth-order valence-electron chi connectivity index (χ4n) is 1.98. The highest BCUT2D eigenvalue weighted by atomic mass is 79.9. The lowest BCUT2D eigenvalue weighted by atomic mass is 10.1. The Labute approximate surface area is 131 Å². The minimum absolute atomic E-state index is 0.0276. The standard InChI is InChI=1S/C15H15BrN2O3/c1-10(11-3-5-12(16)6-4-11)17-14-9-13(21-2)7-8-15(14)18(19)20/h3-10,17H,1-2H3. The number of nitro groups is 1. The Hall–Kier alpha value is -2.08. The van der Waals surface area contributed by atoms with E-state index in [1.54, 1.807) is 12.1 Å². The van der Waals surface area contributed by atoms with E-state index in [9.17, 15) is 10.1 Å². The fraction of sp³-hybridized carbons (Fsp3) is 0.200. The summed E-state index contributed by atoms with van der Waals surface area (Å²) >= 11 is 3.38. The van der Waals surface area contributed by atoms with Crippen LogP contribution in [0.4, 0.5) is 11.4 Å². The van der Waals surface area contributed by atoms with Crippen molar-refractivity contribution in [3.8, 4) is 5.75 Å². The number of nitrogens with one attached hydrogen (secondary N) is 1. The van der Waals surface area contributed by atoms with Crippen molar-refractivity contribution in [2.75, 3.05) is 12.4 Å². The van der Waals surface area contributed by atoms with Crippen LogP contribution in [0.15, 0.2) is 46.9 Å². The van der Waals surface area contributed by atoms with Gasteiger partial charge in [-0.2, -0.15) is 0 Å². The van der Waals surface area contributed by atoms with E-state index in [0.29, 0.717) is 11.4 Å². The minimum Gasteiger partial charge on any atom is -0.497 e. The van der Waals surface area contributed by atoms with E-state index in [2.05, 4.69) is 21.2 Å². The predicted molar refractivity (Wildman–Crippen MR) is 85.8 cm³/mol. The van der Waals surface area contributed by atoms with Crippen molar-refractivity contribution in [3.05, 3.63) is 62.6 Å². The molecular formula is C15H15BrN2O3. The SMILES string of the molecule is COc1ccc([N+](=O)[O-])c(NC(C)c2ccc(Br)cc2)c1. The molecule has 0 aliphatic carbocycles. The third kappa shape index (κ3) is 3.72. The Morgan fingerprint density at radius 1 is 1.24 bits per heavy atom. The van der Waals surface area contributed by atoms with Crippen LogP contribution in [0.25, 0.3) is 0 Å². The second-order valence-corrected chi connectivity index (χ2v) is 5.47. The van der Waals surface area contributed by atoms with E-state index in [4.69, 9.17) is 4.74 Å². The molecule has 1 unspecified atom stereocenters. The lowest BCUT2D eigenvalue weighted by Gasteiger charge is -2.16. The highest BCUT2D eigenvalue weighted by Gasteiger charge is 2.17. The van der Waals surface area contributed by atoms with Crippen molar-refractivity contribution < 1.29 is 9.66 Å². The molecule has 0 fully saturated rings. The van der Waals surface area contributed by atoms with Crippen LogP contribution < -0.4 is 10.1 Å². The summed E-state index contributed by atoms with van der Waals surface area (Å²) in [4.78, 5) is 10.7. The first-order valence-corrected chi connectivity index (χ1v) is 7.15. The third-order valence-electron chi connectivity index (χ3n) is 3.14. The van der Waals surface area contributed by atoms with Crippen molar-refractivity contribution in [2.45, 2.75) is 13.0 Å². The van der Waals surface area contributed by atoms with Crippen LogP contribution in [0.3, 0.4) is 0 Å². The number of nitrogens with zero attached hydrogens (tertiary/aromatic N) is 1. The quantitative estimate of drug-likeness (QED) is 0.635. The second-order valence-electron chi connectivity index (χ2n) is 4.56. The Morgan fingerprint density at radius 2 is 1.90 bits per heavy atom. The smallest absolute Gasteiger partial charge is 0.292 e. The van der Waals surface area contributed by atoms with E-state index < -0.39 is 4.92 Å². The molecule has 0 bridgehead atoms. The van der Waals surface area contributed by atoms with Gasteiger partial charge < -0.3 is 10.1 Å². The van der Waals surface area contributed by atoms with E-state index in [1.165, 1.54) is 13.2 Å². The molecular weight excluding hydrogens is 336 g/mol. The van der Waals surface area contributed by atoms with Crippen molar-refractivity contribution in [1.29, 1.82) is 0 Å². The van der Waals surface area contributed by atoms with Gasteiger partial charge in [-0.1, -0.05) is 28.1 Å². The lowest BCUT2D eigenvalue weighted by Crippen LogP contribution is -2.08. The highest BCUT2D eigenvalue weighted by molar-refractivity contribution is 9.10. The van der Waals surface area contributed by atoms with Gasteiger partial charge in [0.05, 0.1) is 12.0 Å². The average Bonchev–Trinajstić information content (AvgIpc) is 2.47. The minimum atomic E-state index is -0.407. The molecule has 2 aromatic carbocycles. The summed E-state index contributed by atoms with van der Waals surface area (Å²) in [7, 11) is 1.53. The number of hydrogen-bond donors (Lipinski definition) is 1. The van der Waals surface area contributed by atoms with Gasteiger partial charge in [0.25, 0.3) is 5.69 Å². The van der Waals surface area contributed by atoms with E-state index >= 15 is 0 Å². The molecule has 0 aromatic heterocycles. The van der Waals surface area contributed by atoms with Gasteiger partial charge in [-0.3, -0.25) is 10.1 Å². The molecule has 1 N–H and O–H groups in total. The molecule has 2 rings (SSSR count). The fourth-order valence-corrected chi connectivity index (χ4v) is 2.25. The summed E-state index contributed by atoms with van der Waals surface area (Å²) in [5, 5.41) is 14.3. The summed E-state index contributed by atoms with van der Waals surface area (Å²) in [6.45, 7) is 1.95. The Balaban J connectivity index is 2.28. The molecule has 2 aromatic rings. The normalized spacial score (nSPS) is 11.8. The van der Waals surface area contributed by atoms with Crippen molar-refractivity contribution in [3.63, 3.8) is 0 Å². The Bertz CT molecular complexity index is 644. The molecule has 0 spiro atoms. The van der Waals surface area contributed by atoms with Crippen LogP contribution in [-0.2, 0) is 0 Å². The molecule has 21 heavy (non-hydrogen) atoms. The van der Waals surface area contributed by atoms with Gasteiger partial charge in [0, 0.05) is 22.6 Å². The van der Waals surface area contributed by atoms with Gasteiger partial charge in [-0.25, -0.2) is 0 Å². The maximum absolute atomic E-state index is 11.1. The molecule has 0 saturated heterocycles. The molecule has 0 heterocycles. The summed E-state index contributed by atoms with van der Waals surface area (Å²) in [6, 6.07) is 12.4. The van der Waals surface area contributed by atoms with Crippen molar-refractivity contribution >= 4 is 27.3 Å². The predicted octanol–water partition coefficient (Wildman–Crippen LogP) is 4.54. The van der Waals surface area contributed by atoms with Gasteiger partial charge in [0.2, 0.25) is 0 Å². The molecule has 0 amide bonds. The number of benzene rings is 2. The van der Waals surface area contributed by atoms with E-state index in [0.717, 1.165) is 10.0 Å². The van der Waals surface area contributed by atoms with Crippen LogP contribution in [-0.4, -0.2) is 12.0 Å². The topological polar surface area (TPSA) is 64.4 Å². The number of rotatable bonds is 5. The molecule has 0 aliphatic rings. The number of halogens is 1. The summed E-state index contributed by atoms with van der Waals surface area (Å²) < 4.78 is 6.12. The first-order chi connectivity index (χ1) is 10.0. The van der Waals surface area contributed by atoms with Gasteiger partial charge in [0.15, 0.2) is 0 Å². The summed E-state index contributed by atoms with van der Waals surface area (Å²) in [6.07, 6.45) is 0. The van der Waals surface area contributed by atoms with Crippen LogP contribution in [0.5, 0.6) is 5.75 Å². The number of hydrogen-bond acceptors (Lipinski definition) is 4.